The van der Waals surface area contributed by atoms with Gasteiger partial charge in [-0.25, -0.2) is 9.78 Å². The van der Waals surface area contributed by atoms with Crippen LogP contribution in [0.5, 0.6) is 5.75 Å². The van der Waals surface area contributed by atoms with Crippen LogP contribution in [-0.2, 0) is 6.54 Å². The summed E-state index contributed by atoms with van der Waals surface area (Å²) in [6.45, 7) is 0.575. The van der Waals surface area contributed by atoms with E-state index < -0.39 is 5.97 Å². The highest BCUT2D eigenvalue weighted by atomic mass is 16.5. The number of rotatable bonds is 5. The van der Waals surface area contributed by atoms with E-state index in [2.05, 4.69) is 10.3 Å². The summed E-state index contributed by atoms with van der Waals surface area (Å²) in [4.78, 5) is 15.5. The Balaban J connectivity index is 2.03. The minimum atomic E-state index is -1.02. The highest BCUT2D eigenvalue weighted by molar-refractivity contribution is 5.94. The van der Waals surface area contributed by atoms with Gasteiger partial charge >= 0.3 is 5.97 Å². The van der Waals surface area contributed by atoms with Crippen molar-refractivity contribution in [1.29, 1.82) is 0 Å². The van der Waals surface area contributed by atoms with Gasteiger partial charge in [-0.05, 0) is 18.9 Å². The number of pyridine rings is 1. The lowest BCUT2D eigenvalue weighted by atomic mass is 10.3. The first-order valence-electron chi connectivity index (χ1n) is 6.20. The molecule has 0 bridgehead atoms. The largest absolute Gasteiger partial charge is 0.497 e. The van der Waals surface area contributed by atoms with Gasteiger partial charge in [-0.15, -0.1) is 0 Å². The maximum atomic E-state index is 11.2. The lowest BCUT2D eigenvalue weighted by Crippen LogP contribution is -2.17. The fourth-order valence-corrected chi connectivity index (χ4v) is 2.06. The molecule has 0 aliphatic heterocycles. The molecule has 0 saturated heterocycles. The second kappa shape index (κ2) is 4.55. The zero-order valence-electron chi connectivity index (χ0n) is 10.6. The molecule has 1 aliphatic rings. The second-order valence-electron chi connectivity index (χ2n) is 4.66. The topological polar surface area (TPSA) is 75.9 Å². The van der Waals surface area contributed by atoms with Crippen LogP contribution in [0.3, 0.4) is 0 Å². The van der Waals surface area contributed by atoms with E-state index in [4.69, 9.17) is 4.74 Å². The first-order valence-corrected chi connectivity index (χ1v) is 6.20. The fraction of sp³-hybridized carbons (Fsp3) is 0.385. The molecule has 100 valence electrons. The fourth-order valence-electron chi connectivity index (χ4n) is 2.06. The molecule has 2 N–H and O–H groups in total. The monoisotopic (exact) mass is 261 g/mol. The SMILES string of the molecule is COc1ccn2c(CNC3CC3)nc(C(=O)O)c2c1. The molecular weight excluding hydrogens is 246 g/mol. The van der Waals surface area contributed by atoms with E-state index in [1.54, 1.807) is 29.8 Å². The average molecular weight is 261 g/mol. The number of carbonyl (C=O) groups is 1. The summed E-state index contributed by atoms with van der Waals surface area (Å²) in [6, 6.07) is 4.04. The van der Waals surface area contributed by atoms with Crippen LogP contribution in [0.15, 0.2) is 18.3 Å². The van der Waals surface area contributed by atoms with Crippen LogP contribution in [-0.4, -0.2) is 33.6 Å². The predicted octanol–water partition coefficient (Wildman–Crippen LogP) is 1.29. The van der Waals surface area contributed by atoms with Crippen molar-refractivity contribution in [3.8, 4) is 5.75 Å². The van der Waals surface area contributed by atoms with E-state index in [-0.39, 0.29) is 5.69 Å². The van der Waals surface area contributed by atoms with Crippen molar-refractivity contribution in [2.75, 3.05) is 7.11 Å². The van der Waals surface area contributed by atoms with Gasteiger partial charge in [0.15, 0.2) is 5.69 Å². The highest BCUT2D eigenvalue weighted by Gasteiger charge is 2.22. The van der Waals surface area contributed by atoms with Crippen LogP contribution >= 0.6 is 0 Å². The van der Waals surface area contributed by atoms with Gasteiger partial charge in [0.1, 0.15) is 11.6 Å². The van der Waals surface area contributed by atoms with Crippen LogP contribution in [0.1, 0.15) is 29.2 Å². The second-order valence-corrected chi connectivity index (χ2v) is 4.66. The Bertz CT molecular complexity index is 631. The molecule has 6 heteroatoms. The molecule has 2 aromatic rings. The van der Waals surface area contributed by atoms with Crippen molar-refractivity contribution in [2.45, 2.75) is 25.4 Å². The first kappa shape index (κ1) is 12.0. The summed E-state index contributed by atoms with van der Waals surface area (Å²) in [7, 11) is 1.55. The predicted molar refractivity (Wildman–Crippen MR) is 68.6 cm³/mol. The van der Waals surface area contributed by atoms with Crippen molar-refractivity contribution < 1.29 is 14.6 Å². The Kier molecular flexibility index (Phi) is 2.87. The quantitative estimate of drug-likeness (QED) is 0.848. The summed E-state index contributed by atoms with van der Waals surface area (Å²) in [5.41, 5.74) is 0.617. The summed E-state index contributed by atoms with van der Waals surface area (Å²) in [5, 5.41) is 12.6. The number of hydrogen-bond acceptors (Lipinski definition) is 4. The number of nitrogens with one attached hydrogen (secondary N) is 1. The van der Waals surface area contributed by atoms with Crippen LogP contribution in [0, 0.1) is 0 Å². The first-order chi connectivity index (χ1) is 9.19. The minimum Gasteiger partial charge on any atom is -0.497 e. The van der Waals surface area contributed by atoms with E-state index in [0.29, 0.717) is 29.7 Å². The smallest absolute Gasteiger partial charge is 0.356 e. The van der Waals surface area contributed by atoms with E-state index in [1.807, 2.05) is 0 Å². The number of carboxylic acids is 1. The third kappa shape index (κ3) is 2.26. The molecule has 3 rings (SSSR count). The van der Waals surface area contributed by atoms with Crippen molar-refractivity contribution in [1.82, 2.24) is 14.7 Å². The van der Waals surface area contributed by atoms with Gasteiger partial charge in [0.25, 0.3) is 0 Å². The molecule has 0 amide bonds. The van der Waals surface area contributed by atoms with Crippen LogP contribution in [0.4, 0.5) is 0 Å². The normalized spacial score (nSPS) is 14.8. The number of carboxylic acid groups (broad SMARTS) is 1. The van der Waals surface area contributed by atoms with Crippen molar-refractivity contribution in [3.63, 3.8) is 0 Å². The Morgan fingerprint density at radius 2 is 2.42 bits per heavy atom. The maximum absolute atomic E-state index is 11.2. The summed E-state index contributed by atoms with van der Waals surface area (Å²) >= 11 is 0. The minimum absolute atomic E-state index is 0.0616. The van der Waals surface area contributed by atoms with Crippen molar-refractivity contribution >= 4 is 11.5 Å². The van der Waals surface area contributed by atoms with Crippen molar-refractivity contribution in [2.24, 2.45) is 0 Å². The summed E-state index contributed by atoms with van der Waals surface area (Å²) in [6.07, 6.45) is 4.16. The number of hydrogen-bond donors (Lipinski definition) is 2. The molecule has 2 aromatic heterocycles. The van der Waals surface area contributed by atoms with E-state index in [1.165, 1.54) is 12.8 Å². The molecule has 2 heterocycles. The number of fused-ring (bicyclic) bond motifs is 1. The Morgan fingerprint density at radius 3 is 3.05 bits per heavy atom. The lowest BCUT2D eigenvalue weighted by Gasteiger charge is -2.04. The average Bonchev–Trinajstić information content (AvgIpc) is 3.16. The molecule has 0 spiro atoms. The van der Waals surface area contributed by atoms with Gasteiger partial charge < -0.3 is 19.6 Å². The molecule has 1 saturated carbocycles. The number of aromatic nitrogens is 2. The summed E-state index contributed by atoms with van der Waals surface area (Å²) in [5.74, 6) is 0.307. The molecule has 6 nitrogen and oxygen atoms in total. The maximum Gasteiger partial charge on any atom is 0.356 e. The standard InChI is InChI=1S/C13H15N3O3/c1-19-9-4-5-16-10(6-9)12(13(17)18)15-11(16)7-14-8-2-3-8/h4-6,8,14H,2-3,7H2,1H3,(H,17,18). The molecule has 1 aliphatic carbocycles. The van der Waals surface area contributed by atoms with Crippen LogP contribution in [0.25, 0.3) is 5.52 Å². The van der Waals surface area contributed by atoms with Crippen LogP contribution in [0.2, 0.25) is 0 Å². The highest BCUT2D eigenvalue weighted by Crippen LogP contribution is 2.22. The van der Waals surface area contributed by atoms with Gasteiger partial charge in [-0.3, -0.25) is 0 Å². The summed E-state index contributed by atoms with van der Waals surface area (Å²) < 4.78 is 6.92. The van der Waals surface area contributed by atoms with E-state index >= 15 is 0 Å². The molecular formula is C13H15N3O3. The van der Waals surface area contributed by atoms with Gasteiger partial charge in [0.05, 0.1) is 19.2 Å². The zero-order valence-corrected chi connectivity index (χ0v) is 10.6. The molecule has 0 unspecified atom stereocenters. The number of imidazole rings is 1. The molecule has 0 atom stereocenters. The number of methoxy groups -OCH3 is 1. The Hall–Kier alpha value is -2.08. The number of nitrogens with zero attached hydrogens (tertiary/aromatic N) is 2. The Labute approximate surface area is 110 Å². The number of aromatic carboxylic acids is 1. The van der Waals surface area contributed by atoms with Crippen molar-refractivity contribution in [3.05, 3.63) is 29.8 Å². The van der Waals surface area contributed by atoms with Gasteiger partial charge in [-0.2, -0.15) is 0 Å². The third-order valence-corrected chi connectivity index (χ3v) is 3.25. The van der Waals surface area contributed by atoms with Crippen LogP contribution < -0.4 is 10.1 Å². The Morgan fingerprint density at radius 1 is 1.63 bits per heavy atom. The van der Waals surface area contributed by atoms with E-state index in [0.717, 1.165) is 0 Å². The lowest BCUT2D eigenvalue weighted by molar-refractivity contribution is 0.0693. The molecule has 0 radical (unpaired) electrons. The van der Waals surface area contributed by atoms with Gasteiger partial charge in [-0.1, -0.05) is 0 Å². The van der Waals surface area contributed by atoms with Gasteiger partial charge in [0.2, 0.25) is 0 Å². The third-order valence-electron chi connectivity index (χ3n) is 3.25. The number of ether oxygens (including phenoxy) is 1. The zero-order chi connectivity index (χ0) is 13.4. The van der Waals surface area contributed by atoms with Gasteiger partial charge in [0, 0.05) is 18.3 Å². The molecule has 0 aromatic carbocycles. The van der Waals surface area contributed by atoms with E-state index in [9.17, 15) is 9.90 Å². The molecule has 1 fully saturated rings. The molecule has 19 heavy (non-hydrogen) atoms.